The molecule has 0 spiro atoms. The van der Waals surface area contributed by atoms with E-state index >= 15 is 0 Å². The van der Waals surface area contributed by atoms with Crippen molar-refractivity contribution < 1.29 is 19.1 Å². The van der Waals surface area contributed by atoms with Crippen molar-refractivity contribution in [1.29, 1.82) is 0 Å². The molecule has 33 heavy (non-hydrogen) atoms. The van der Waals surface area contributed by atoms with Gasteiger partial charge in [0.15, 0.2) is 5.75 Å². The molecule has 0 saturated carbocycles. The molecular weight excluding hydrogens is 424 g/mol. The van der Waals surface area contributed by atoms with Crippen LogP contribution >= 0.6 is 0 Å². The van der Waals surface area contributed by atoms with Gasteiger partial charge in [-0.2, -0.15) is 0 Å². The minimum atomic E-state index is -0.399. The molecule has 3 rings (SSSR count). The molecule has 10 nitrogen and oxygen atoms in total. The molecule has 0 aliphatic carbocycles. The van der Waals surface area contributed by atoms with Gasteiger partial charge >= 0.3 is 0 Å². The average Bonchev–Trinajstić information content (AvgIpc) is 3.27. The highest BCUT2D eigenvalue weighted by Crippen LogP contribution is 2.36. The summed E-state index contributed by atoms with van der Waals surface area (Å²) in [5.74, 6) is 12.7. The largest absolute Gasteiger partial charge is 0.505 e. The zero-order valence-corrected chi connectivity index (χ0v) is 19.5. The van der Waals surface area contributed by atoms with Crippen LogP contribution in [0, 0.1) is 0 Å². The smallest absolute Gasteiger partial charge is 0.273 e. The molecule has 1 aromatic carbocycles. The van der Waals surface area contributed by atoms with Crippen LogP contribution in [0.1, 0.15) is 48.3 Å². The second-order valence-electron chi connectivity index (χ2n) is 8.22. The topological polar surface area (TPSA) is 133 Å². The van der Waals surface area contributed by atoms with Crippen LogP contribution < -0.4 is 16.7 Å². The zero-order chi connectivity index (χ0) is 24.3. The fourth-order valence-corrected chi connectivity index (χ4v) is 3.96. The first-order valence-corrected chi connectivity index (χ1v) is 10.8. The summed E-state index contributed by atoms with van der Waals surface area (Å²) in [5.41, 5.74) is 0.969. The van der Waals surface area contributed by atoms with E-state index in [-0.39, 0.29) is 34.5 Å². The average molecular weight is 457 g/mol. The van der Waals surface area contributed by atoms with E-state index in [1.54, 1.807) is 50.5 Å². The van der Waals surface area contributed by atoms with Crippen LogP contribution in [0.3, 0.4) is 0 Å². The van der Waals surface area contributed by atoms with E-state index in [2.05, 4.69) is 0 Å². The number of hydrogen-bond acceptors (Lipinski definition) is 8. The highest BCUT2D eigenvalue weighted by atomic mass is 16.3. The summed E-state index contributed by atoms with van der Waals surface area (Å²) >= 11 is 0. The molecule has 10 heteroatoms. The number of aromatic hydroxyl groups is 1. The zero-order valence-electron chi connectivity index (χ0n) is 19.5. The first kappa shape index (κ1) is 24.1. The Morgan fingerprint density at radius 2 is 1.97 bits per heavy atom. The predicted octanol–water partition coefficient (Wildman–Crippen LogP) is 2.16. The Hall–Kier alpha value is -3.50. The van der Waals surface area contributed by atoms with Gasteiger partial charge in [-0.3, -0.25) is 19.6 Å². The highest BCUT2D eigenvalue weighted by molar-refractivity contribution is 5.99. The molecule has 1 aliphatic heterocycles. The van der Waals surface area contributed by atoms with Crippen LogP contribution in [0.2, 0.25) is 0 Å². The monoisotopic (exact) mass is 456 g/mol. The number of allylic oxidation sites excluding steroid dienone is 1. The van der Waals surface area contributed by atoms with E-state index < -0.39 is 6.04 Å². The van der Waals surface area contributed by atoms with Gasteiger partial charge in [-0.25, -0.2) is 11.7 Å². The molecule has 1 atom stereocenters. The molecule has 2 amide bonds. The summed E-state index contributed by atoms with van der Waals surface area (Å²) in [7, 11) is 4.91. The van der Waals surface area contributed by atoms with E-state index in [4.69, 9.17) is 16.1 Å². The first-order valence-electron chi connectivity index (χ1n) is 10.8. The molecule has 0 radical (unpaired) electrons. The number of anilines is 1. The summed E-state index contributed by atoms with van der Waals surface area (Å²) in [6.07, 6.45) is 3.23. The Kier molecular flexibility index (Phi) is 7.29. The molecule has 0 saturated heterocycles. The number of para-hydroxylation sites is 1. The van der Waals surface area contributed by atoms with E-state index in [0.29, 0.717) is 37.3 Å². The maximum absolute atomic E-state index is 13.4. The number of likely N-dealkylation sites (N-methyl/N-ethyl adjacent to an activating group) is 1. The molecule has 0 unspecified atom stereocenters. The lowest BCUT2D eigenvalue weighted by molar-refractivity contribution is -0.127. The lowest BCUT2D eigenvalue weighted by atomic mass is 10.1. The second-order valence-corrected chi connectivity index (χ2v) is 8.22. The minimum Gasteiger partial charge on any atom is -0.505 e. The summed E-state index contributed by atoms with van der Waals surface area (Å²) in [6.45, 7) is 2.47. The number of carbonyl (C=O) groups excluding carboxylic acids is 2. The molecule has 178 valence electrons. The summed E-state index contributed by atoms with van der Waals surface area (Å²) < 4.78 is 5.56. The van der Waals surface area contributed by atoms with Crippen molar-refractivity contribution in [3.05, 3.63) is 59.3 Å². The van der Waals surface area contributed by atoms with Gasteiger partial charge < -0.3 is 19.3 Å². The molecule has 2 aromatic rings. The third-order valence-electron chi connectivity index (χ3n) is 5.78. The van der Waals surface area contributed by atoms with Gasteiger partial charge in [0.1, 0.15) is 17.5 Å². The number of carbonyl (C=O) groups is 2. The van der Waals surface area contributed by atoms with Gasteiger partial charge in [0.2, 0.25) is 0 Å². The van der Waals surface area contributed by atoms with Crippen LogP contribution in [0.25, 0.3) is 0 Å². The summed E-state index contributed by atoms with van der Waals surface area (Å²) in [6, 6.07) is 7.92. The maximum Gasteiger partial charge on any atom is 0.273 e. The number of benzene rings is 1. The summed E-state index contributed by atoms with van der Waals surface area (Å²) in [4.78, 5) is 28.8. The van der Waals surface area contributed by atoms with Crippen LogP contribution in [0.5, 0.6) is 5.75 Å². The predicted molar refractivity (Wildman–Crippen MR) is 124 cm³/mol. The summed E-state index contributed by atoms with van der Waals surface area (Å²) in [5, 5.41) is 13.5. The second kappa shape index (κ2) is 9.97. The Balaban J connectivity index is 2.13. The fourth-order valence-electron chi connectivity index (χ4n) is 3.96. The number of furan rings is 1. The third-order valence-corrected chi connectivity index (χ3v) is 5.78. The molecular formula is C23H32N6O4. The Morgan fingerprint density at radius 3 is 2.58 bits per heavy atom. The van der Waals surface area contributed by atoms with Gasteiger partial charge in [0.25, 0.3) is 11.8 Å². The molecule has 0 bridgehead atoms. The van der Waals surface area contributed by atoms with Gasteiger partial charge in [0, 0.05) is 27.7 Å². The molecule has 5 N–H and O–H groups in total. The van der Waals surface area contributed by atoms with Gasteiger partial charge in [-0.05, 0) is 43.5 Å². The number of nitrogens with two attached hydrogens (primary N) is 2. The van der Waals surface area contributed by atoms with Crippen molar-refractivity contribution >= 4 is 17.5 Å². The van der Waals surface area contributed by atoms with Crippen molar-refractivity contribution in [2.75, 3.05) is 32.7 Å². The van der Waals surface area contributed by atoms with E-state index in [1.165, 1.54) is 21.0 Å². The molecule has 0 fully saturated rings. The van der Waals surface area contributed by atoms with E-state index in [1.807, 2.05) is 13.0 Å². The number of phenols is 1. The van der Waals surface area contributed by atoms with Gasteiger partial charge in [-0.1, -0.05) is 13.0 Å². The van der Waals surface area contributed by atoms with Gasteiger partial charge in [-0.15, -0.1) is 0 Å². The van der Waals surface area contributed by atoms with Crippen molar-refractivity contribution in [2.24, 2.45) is 11.7 Å². The lowest BCUT2D eigenvalue weighted by Crippen LogP contribution is -2.44. The number of amides is 2. The Labute approximate surface area is 193 Å². The van der Waals surface area contributed by atoms with Crippen molar-refractivity contribution in [3.8, 4) is 5.75 Å². The lowest BCUT2D eigenvalue weighted by Gasteiger charge is -2.33. The standard InChI is InChI=1S/C23H32N6O4/c1-5-16(19-12-8-14-33-19)29(25)20-17(11-7-13-27(4)23(20)32)28(24)18-10-6-9-15(21(18)30)22(31)26(2)3/h6,8-10,12,14,16,30H,5,7,11,13,24-25H2,1-4H3/t16-/m1/s1. The first-order chi connectivity index (χ1) is 15.7. The van der Waals surface area contributed by atoms with Crippen LogP contribution in [-0.2, 0) is 4.79 Å². The maximum atomic E-state index is 13.4. The highest BCUT2D eigenvalue weighted by Gasteiger charge is 2.34. The molecule has 1 aliphatic rings. The fraction of sp³-hybridized carbons (Fsp3) is 0.391. The molecule has 2 heterocycles. The van der Waals surface area contributed by atoms with Crippen molar-refractivity contribution in [1.82, 2.24) is 14.8 Å². The van der Waals surface area contributed by atoms with E-state index in [0.717, 1.165) is 0 Å². The minimum absolute atomic E-state index is 0.110. The van der Waals surface area contributed by atoms with Crippen LogP contribution in [0.15, 0.2) is 52.4 Å². The number of hydrazine groups is 2. The third kappa shape index (κ3) is 4.67. The quantitative estimate of drug-likeness (QED) is 0.426. The number of phenolic OH excluding ortho intramolecular Hbond substituents is 1. The van der Waals surface area contributed by atoms with Crippen molar-refractivity contribution in [2.45, 2.75) is 32.2 Å². The van der Waals surface area contributed by atoms with Crippen LogP contribution in [0.4, 0.5) is 5.69 Å². The molecule has 1 aromatic heterocycles. The number of nitrogens with zero attached hydrogens (tertiary/aromatic N) is 4. The number of hydrogen-bond donors (Lipinski definition) is 3. The normalized spacial score (nSPS) is 15.3. The van der Waals surface area contributed by atoms with Crippen LogP contribution in [-0.4, -0.2) is 59.4 Å². The SMILES string of the molecule is CC[C@H](c1ccco1)N(N)C1=C(N(N)c2cccc(C(=O)N(C)C)c2O)CCCN(C)C1=O. The van der Waals surface area contributed by atoms with E-state index in [9.17, 15) is 14.7 Å². The number of rotatable bonds is 7. The Morgan fingerprint density at radius 1 is 1.24 bits per heavy atom. The Bertz CT molecular complexity index is 1030. The van der Waals surface area contributed by atoms with Crippen molar-refractivity contribution in [3.63, 3.8) is 0 Å². The van der Waals surface area contributed by atoms with Gasteiger partial charge in [0.05, 0.1) is 23.2 Å².